The average Bonchev–Trinajstić information content (AvgIpc) is 2.51. The van der Waals surface area contributed by atoms with Crippen LogP contribution >= 0.6 is 0 Å². The number of carbonyl (C=O) groups excluding carboxylic acids is 1. The van der Waals surface area contributed by atoms with E-state index in [-0.39, 0.29) is 16.1 Å². The fourth-order valence-electron chi connectivity index (χ4n) is 2.47. The Morgan fingerprint density at radius 1 is 1.05 bits per heavy atom. The molecule has 0 aromatic heterocycles. The SMILES string of the molecule is CCC(=O)C(C)[S+]1c2ccccc2Oc2ccccc21. The van der Waals surface area contributed by atoms with Crippen LogP contribution in [0.4, 0.5) is 0 Å². The minimum Gasteiger partial charge on any atom is -0.447 e. The monoisotopic (exact) mass is 285 g/mol. The highest BCUT2D eigenvalue weighted by Gasteiger charge is 2.43. The predicted octanol–water partition coefficient (Wildman–Crippen LogP) is 4.20. The van der Waals surface area contributed by atoms with E-state index in [2.05, 4.69) is 12.1 Å². The maximum Gasteiger partial charge on any atom is 0.203 e. The summed E-state index contributed by atoms with van der Waals surface area (Å²) < 4.78 is 5.97. The third-order valence-electron chi connectivity index (χ3n) is 3.55. The van der Waals surface area contributed by atoms with Gasteiger partial charge in [-0.3, -0.25) is 4.79 Å². The molecule has 1 aliphatic heterocycles. The van der Waals surface area contributed by atoms with Crippen molar-refractivity contribution < 1.29 is 9.53 Å². The van der Waals surface area contributed by atoms with E-state index in [1.165, 1.54) is 0 Å². The van der Waals surface area contributed by atoms with Crippen molar-refractivity contribution in [1.29, 1.82) is 0 Å². The van der Waals surface area contributed by atoms with Crippen LogP contribution in [0.1, 0.15) is 20.3 Å². The van der Waals surface area contributed by atoms with E-state index < -0.39 is 0 Å². The van der Waals surface area contributed by atoms with Crippen molar-refractivity contribution in [2.45, 2.75) is 35.3 Å². The van der Waals surface area contributed by atoms with Crippen LogP contribution in [0.2, 0.25) is 0 Å². The summed E-state index contributed by atoms with van der Waals surface area (Å²) in [6.45, 7) is 3.97. The van der Waals surface area contributed by atoms with Crippen molar-refractivity contribution in [1.82, 2.24) is 0 Å². The molecule has 0 N–H and O–H groups in total. The molecule has 3 heteroatoms. The topological polar surface area (TPSA) is 26.3 Å². The molecule has 102 valence electrons. The Hall–Kier alpha value is -1.74. The Balaban J connectivity index is 2.15. The van der Waals surface area contributed by atoms with Gasteiger partial charge < -0.3 is 4.74 Å². The van der Waals surface area contributed by atoms with E-state index in [4.69, 9.17) is 4.74 Å². The van der Waals surface area contributed by atoms with Crippen molar-refractivity contribution in [3.05, 3.63) is 48.5 Å². The molecule has 0 amide bonds. The van der Waals surface area contributed by atoms with E-state index in [1.54, 1.807) is 0 Å². The van der Waals surface area contributed by atoms with Crippen LogP contribution < -0.4 is 4.74 Å². The minimum absolute atomic E-state index is 0.00815. The highest BCUT2D eigenvalue weighted by molar-refractivity contribution is 7.98. The number of ether oxygens (including phenoxy) is 1. The number of carbonyl (C=O) groups is 1. The molecule has 1 unspecified atom stereocenters. The quantitative estimate of drug-likeness (QED) is 0.790. The molecule has 2 aromatic carbocycles. The van der Waals surface area contributed by atoms with Gasteiger partial charge in [0.25, 0.3) is 0 Å². The second kappa shape index (κ2) is 5.33. The molecule has 2 nitrogen and oxygen atoms in total. The molecule has 2 aromatic rings. The van der Waals surface area contributed by atoms with Crippen LogP contribution in [-0.2, 0) is 15.7 Å². The Kier molecular flexibility index (Phi) is 3.53. The van der Waals surface area contributed by atoms with Gasteiger partial charge in [-0.25, -0.2) is 0 Å². The first-order chi connectivity index (χ1) is 9.72. The second-order valence-corrected chi connectivity index (χ2v) is 7.06. The lowest BCUT2D eigenvalue weighted by atomic mass is 10.2. The van der Waals surface area contributed by atoms with Crippen molar-refractivity contribution in [2.24, 2.45) is 0 Å². The second-order valence-electron chi connectivity index (χ2n) is 4.80. The molecular formula is C17H17O2S+. The normalized spacial score (nSPS) is 14.9. The lowest BCUT2D eigenvalue weighted by molar-refractivity contribution is -0.118. The fraction of sp³-hybridized carbons (Fsp3) is 0.235. The number of fused-ring (bicyclic) bond motifs is 2. The van der Waals surface area contributed by atoms with Gasteiger partial charge in [0, 0.05) is 6.42 Å². The number of hydrogen-bond donors (Lipinski definition) is 0. The lowest BCUT2D eigenvalue weighted by Gasteiger charge is -2.22. The summed E-state index contributed by atoms with van der Waals surface area (Å²) in [6.07, 6.45) is 0.579. The van der Waals surface area contributed by atoms with Crippen LogP contribution in [0.5, 0.6) is 11.5 Å². The van der Waals surface area contributed by atoms with Crippen LogP contribution in [0, 0.1) is 0 Å². The zero-order valence-corrected chi connectivity index (χ0v) is 12.4. The molecule has 0 radical (unpaired) electrons. The van der Waals surface area contributed by atoms with Crippen LogP contribution in [0.25, 0.3) is 0 Å². The first-order valence-corrected chi connectivity index (χ1v) is 8.13. The fourth-order valence-corrected chi connectivity index (χ4v) is 5.00. The molecule has 0 bridgehead atoms. The number of benzene rings is 2. The smallest absolute Gasteiger partial charge is 0.203 e. The summed E-state index contributed by atoms with van der Waals surface area (Å²) >= 11 is 0. The van der Waals surface area contributed by atoms with Gasteiger partial charge in [-0.1, -0.05) is 31.2 Å². The van der Waals surface area contributed by atoms with E-state index in [0.29, 0.717) is 12.2 Å². The average molecular weight is 285 g/mol. The van der Waals surface area contributed by atoms with Gasteiger partial charge in [0.2, 0.25) is 9.79 Å². The summed E-state index contributed by atoms with van der Waals surface area (Å²) in [6, 6.07) is 16.1. The molecule has 1 aliphatic rings. The summed E-state index contributed by atoms with van der Waals surface area (Å²) in [4.78, 5) is 14.5. The standard InChI is InChI=1S/C17H17O2S/c1-3-13(18)12(2)20-16-10-6-4-8-14(16)19-15-9-5-7-11-17(15)20/h4-12H,3H2,1-2H3/q+1. The Morgan fingerprint density at radius 2 is 1.55 bits per heavy atom. The summed E-state index contributed by atoms with van der Waals surface area (Å²) in [5, 5.41) is -0.00815. The lowest BCUT2D eigenvalue weighted by Crippen LogP contribution is -2.29. The van der Waals surface area contributed by atoms with Gasteiger partial charge in [0.15, 0.2) is 22.5 Å². The van der Waals surface area contributed by atoms with Gasteiger partial charge in [-0.2, -0.15) is 0 Å². The molecule has 0 fully saturated rings. The molecule has 0 saturated carbocycles. The Bertz CT molecular complexity index is 605. The molecule has 1 atom stereocenters. The maximum absolute atomic E-state index is 12.2. The largest absolute Gasteiger partial charge is 0.447 e. The van der Waals surface area contributed by atoms with Gasteiger partial charge >= 0.3 is 0 Å². The van der Waals surface area contributed by atoms with Gasteiger partial charge in [0.05, 0.1) is 10.9 Å². The summed E-state index contributed by atoms with van der Waals surface area (Å²) in [5.74, 6) is 2.07. The highest BCUT2D eigenvalue weighted by Crippen LogP contribution is 2.45. The number of hydrogen-bond acceptors (Lipinski definition) is 2. The molecule has 0 saturated heterocycles. The van der Waals surface area contributed by atoms with Gasteiger partial charge in [-0.15, -0.1) is 0 Å². The van der Waals surface area contributed by atoms with Crippen LogP contribution in [-0.4, -0.2) is 11.0 Å². The maximum atomic E-state index is 12.2. The first kappa shape index (κ1) is 13.3. The van der Waals surface area contributed by atoms with Crippen molar-refractivity contribution in [3.8, 4) is 11.5 Å². The van der Waals surface area contributed by atoms with E-state index in [9.17, 15) is 4.79 Å². The molecular weight excluding hydrogens is 268 g/mol. The molecule has 3 rings (SSSR count). The number of para-hydroxylation sites is 2. The molecule has 0 aliphatic carbocycles. The van der Waals surface area contributed by atoms with E-state index >= 15 is 0 Å². The third-order valence-corrected chi connectivity index (χ3v) is 6.14. The van der Waals surface area contributed by atoms with Gasteiger partial charge in [-0.05, 0) is 31.2 Å². The Labute approximate surface area is 122 Å². The molecule has 20 heavy (non-hydrogen) atoms. The van der Waals surface area contributed by atoms with E-state index in [0.717, 1.165) is 21.3 Å². The zero-order valence-electron chi connectivity index (χ0n) is 11.6. The van der Waals surface area contributed by atoms with Crippen molar-refractivity contribution in [2.75, 3.05) is 0 Å². The third kappa shape index (κ3) is 2.12. The highest BCUT2D eigenvalue weighted by atomic mass is 32.2. The Morgan fingerprint density at radius 3 is 2.05 bits per heavy atom. The number of rotatable bonds is 3. The van der Waals surface area contributed by atoms with Crippen molar-refractivity contribution in [3.63, 3.8) is 0 Å². The summed E-state index contributed by atoms with van der Waals surface area (Å²) in [7, 11) is -0.244. The zero-order chi connectivity index (χ0) is 14.1. The first-order valence-electron chi connectivity index (χ1n) is 6.84. The van der Waals surface area contributed by atoms with Crippen molar-refractivity contribution >= 4 is 16.7 Å². The van der Waals surface area contributed by atoms with Gasteiger partial charge in [0.1, 0.15) is 0 Å². The predicted molar refractivity (Wildman–Crippen MR) is 81.6 cm³/mol. The number of Topliss-reactive ketones (excluding diaryl/α,β-unsaturated/α-hetero) is 1. The molecule has 1 heterocycles. The number of ketones is 1. The minimum atomic E-state index is -0.244. The van der Waals surface area contributed by atoms with E-state index in [1.807, 2.05) is 50.2 Å². The summed E-state index contributed by atoms with van der Waals surface area (Å²) in [5.41, 5.74) is 0. The molecule has 0 spiro atoms. The van der Waals surface area contributed by atoms with Crippen LogP contribution in [0.3, 0.4) is 0 Å². The van der Waals surface area contributed by atoms with Crippen LogP contribution in [0.15, 0.2) is 58.3 Å².